The molecule has 0 aliphatic carbocycles. The van der Waals surface area contributed by atoms with Crippen LogP contribution in [0.1, 0.15) is 32.4 Å². The maximum Gasteiger partial charge on any atom is 0.331 e. The lowest BCUT2D eigenvalue weighted by Crippen LogP contribution is -2.44. The van der Waals surface area contributed by atoms with Crippen molar-refractivity contribution < 1.29 is 0 Å². The van der Waals surface area contributed by atoms with Crippen molar-refractivity contribution in [2.24, 2.45) is 12.8 Å². The molecule has 0 unspecified atom stereocenters. The van der Waals surface area contributed by atoms with E-state index in [1.54, 1.807) is 30.2 Å². The predicted octanol–water partition coefficient (Wildman–Crippen LogP) is 1.28. The summed E-state index contributed by atoms with van der Waals surface area (Å²) in [6.07, 6.45) is 8.72. The first kappa shape index (κ1) is 22.8. The van der Waals surface area contributed by atoms with Crippen molar-refractivity contribution in [1.82, 2.24) is 23.7 Å². The van der Waals surface area contributed by atoms with Gasteiger partial charge in [0.05, 0.1) is 18.4 Å². The molecule has 1 aliphatic heterocycles. The number of aromatic nitrogens is 5. The maximum absolute atomic E-state index is 13.8. The van der Waals surface area contributed by atoms with Gasteiger partial charge in [-0.15, -0.1) is 0 Å². The van der Waals surface area contributed by atoms with Gasteiger partial charge in [-0.2, -0.15) is 0 Å². The number of anilines is 2. The molecule has 0 spiro atoms. The first-order valence-electron chi connectivity index (χ1n) is 11.3. The van der Waals surface area contributed by atoms with Gasteiger partial charge in [-0.05, 0) is 26.7 Å². The molecule has 4 rings (SSSR count). The van der Waals surface area contributed by atoms with Gasteiger partial charge in [-0.3, -0.25) is 23.9 Å². The highest BCUT2D eigenvalue weighted by molar-refractivity contribution is 5.98. The van der Waals surface area contributed by atoms with Crippen molar-refractivity contribution in [1.29, 1.82) is 0 Å². The van der Waals surface area contributed by atoms with E-state index >= 15 is 0 Å². The van der Waals surface area contributed by atoms with Crippen molar-refractivity contribution in [3.63, 3.8) is 0 Å². The van der Waals surface area contributed by atoms with Gasteiger partial charge in [0.25, 0.3) is 5.56 Å². The second-order valence-electron chi connectivity index (χ2n) is 8.82. The zero-order valence-corrected chi connectivity index (χ0v) is 19.7. The van der Waals surface area contributed by atoms with Crippen LogP contribution in [-0.4, -0.2) is 49.8 Å². The Hall–Kier alpha value is -3.40. The molecule has 0 saturated carbocycles. The molecule has 0 bridgehead atoms. The van der Waals surface area contributed by atoms with E-state index in [1.807, 2.05) is 25.5 Å². The summed E-state index contributed by atoms with van der Waals surface area (Å²) in [7, 11) is 3.53. The lowest BCUT2D eigenvalue weighted by atomic mass is 10.1. The number of hydrogen-bond acceptors (Lipinski definition) is 7. The maximum atomic E-state index is 13.8. The number of piperidine rings is 1. The fourth-order valence-corrected chi connectivity index (χ4v) is 4.55. The minimum absolute atomic E-state index is 0.0575. The first-order valence-corrected chi connectivity index (χ1v) is 11.3. The second-order valence-corrected chi connectivity index (χ2v) is 8.82. The predicted molar refractivity (Wildman–Crippen MR) is 131 cm³/mol. The number of fused-ring (bicyclic) bond motifs is 1. The molecule has 10 nitrogen and oxygen atoms in total. The lowest BCUT2D eigenvalue weighted by molar-refractivity contribution is 0.499. The van der Waals surface area contributed by atoms with E-state index in [-0.39, 0.29) is 18.1 Å². The number of hydrogen-bond donors (Lipinski definition) is 2. The summed E-state index contributed by atoms with van der Waals surface area (Å²) >= 11 is 0. The summed E-state index contributed by atoms with van der Waals surface area (Å²) in [5, 5.41) is 3.27. The summed E-state index contributed by atoms with van der Waals surface area (Å²) in [6, 6.07) is 0.0653. The average Bonchev–Trinajstić information content (AvgIpc) is 3.14. The average molecular weight is 453 g/mol. The molecule has 1 saturated heterocycles. The highest BCUT2D eigenvalue weighted by Gasteiger charge is 2.29. The molecule has 0 radical (unpaired) electrons. The number of nitrogens with two attached hydrogens (primary N) is 1. The molecule has 0 amide bonds. The Bertz CT molecular complexity index is 1300. The van der Waals surface area contributed by atoms with Gasteiger partial charge in [0.1, 0.15) is 22.5 Å². The molecule has 1 fully saturated rings. The van der Waals surface area contributed by atoms with E-state index in [1.165, 1.54) is 4.57 Å². The Kier molecular flexibility index (Phi) is 6.37. The highest BCUT2D eigenvalue weighted by atomic mass is 16.2. The van der Waals surface area contributed by atoms with Crippen LogP contribution in [0.4, 0.5) is 11.5 Å². The summed E-state index contributed by atoms with van der Waals surface area (Å²) in [6.45, 7) is 6.17. The largest absolute Gasteiger partial charge is 0.383 e. The minimum Gasteiger partial charge on any atom is -0.383 e. The zero-order valence-electron chi connectivity index (χ0n) is 19.7. The molecule has 33 heavy (non-hydrogen) atoms. The number of aryl methyl sites for hydroxylation is 1. The normalized spacial score (nSPS) is 16.3. The third-order valence-corrected chi connectivity index (χ3v) is 6.14. The van der Waals surface area contributed by atoms with E-state index < -0.39 is 5.69 Å². The fraction of sp³-hybridized carbons (Fsp3) is 0.478. The number of rotatable bonds is 6. The SMILES string of the molecule is CNc1c(N2CCC[C@H](N)C2)n(CC=C(C)C)c2c(=O)n(Cc3cnccn3)c(=O)n(C)c12. The minimum atomic E-state index is -0.393. The monoisotopic (exact) mass is 452 g/mol. The number of nitrogens with zero attached hydrogens (tertiary/aromatic N) is 6. The molecule has 1 aliphatic rings. The highest BCUT2D eigenvalue weighted by Crippen LogP contribution is 2.37. The van der Waals surface area contributed by atoms with Crippen LogP contribution >= 0.6 is 0 Å². The number of allylic oxidation sites excluding steroid dienone is 2. The van der Waals surface area contributed by atoms with Gasteiger partial charge in [-0.1, -0.05) is 11.6 Å². The molecule has 3 N–H and O–H groups in total. The van der Waals surface area contributed by atoms with Crippen LogP contribution < -0.4 is 27.2 Å². The summed E-state index contributed by atoms with van der Waals surface area (Å²) in [4.78, 5) is 37.6. The molecular weight excluding hydrogens is 420 g/mol. The Morgan fingerprint density at radius 3 is 2.67 bits per heavy atom. The molecule has 3 aromatic heterocycles. The van der Waals surface area contributed by atoms with Gasteiger partial charge in [-0.25, -0.2) is 4.79 Å². The quantitative estimate of drug-likeness (QED) is 0.541. The Morgan fingerprint density at radius 1 is 1.24 bits per heavy atom. The van der Waals surface area contributed by atoms with Crippen LogP contribution in [-0.2, 0) is 20.1 Å². The van der Waals surface area contributed by atoms with Crippen LogP contribution in [0.3, 0.4) is 0 Å². The van der Waals surface area contributed by atoms with Crippen molar-refractivity contribution in [3.05, 3.63) is 56.8 Å². The van der Waals surface area contributed by atoms with E-state index in [4.69, 9.17) is 5.73 Å². The third kappa shape index (κ3) is 4.18. The van der Waals surface area contributed by atoms with Crippen LogP contribution in [0.15, 0.2) is 39.8 Å². The smallest absolute Gasteiger partial charge is 0.331 e. The van der Waals surface area contributed by atoms with Crippen molar-refractivity contribution >= 4 is 22.5 Å². The van der Waals surface area contributed by atoms with Gasteiger partial charge < -0.3 is 20.5 Å². The summed E-state index contributed by atoms with van der Waals surface area (Å²) in [5.41, 5.74) is 9.11. The molecule has 176 valence electrons. The first-order chi connectivity index (χ1) is 15.8. The zero-order chi connectivity index (χ0) is 23.7. The van der Waals surface area contributed by atoms with Crippen LogP contribution in [0, 0.1) is 0 Å². The molecule has 0 aromatic carbocycles. The topological polar surface area (TPSA) is 116 Å². The van der Waals surface area contributed by atoms with E-state index in [2.05, 4.69) is 26.3 Å². The van der Waals surface area contributed by atoms with E-state index in [9.17, 15) is 9.59 Å². The van der Waals surface area contributed by atoms with Gasteiger partial charge in [0, 0.05) is 52.2 Å². The van der Waals surface area contributed by atoms with Crippen molar-refractivity contribution in [3.8, 4) is 0 Å². The fourth-order valence-electron chi connectivity index (χ4n) is 4.55. The van der Waals surface area contributed by atoms with Gasteiger partial charge in [0.15, 0.2) is 0 Å². The third-order valence-electron chi connectivity index (χ3n) is 6.14. The molecule has 3 aromatic rings. The Morgan fingerprint density at radius 2 is 2.03 bits per heavy atom. The number of nitrogens with one attached hydrogen (secondary N) is 1. The molecule has 4 heterocycles. The summed E-state index contributed by atoms with van der Waals surface area (Å²) < 4.78 is 4.79. The van der Waals surface area contributed by atoms with Crippen LogP contribution in [0.2, 0.25) is 0 Å². The standard InChI is InChI=1S/C23H32N8O2/c1-15(2)7-11-30-20-19(18(25-3)21(30)29-10-5-6-16(24)13-29)28(4)23(33)31(22(20)32)14-17-12-26-8-9-27-17/h7-9,12,16,25H,5-6,10-11,13-14,24H2,1-4H3/t16-/m0/s1. The molecule has 10 heteroatoms. The van der Waals surface area contributed by atoms with E-state index in [0.717, 1.165) is 36.5 Å². The Balaban J connectivity index is 2.03. The second kappa shape index (κ2) is 9.22. The van der Waals surface area contributed by atoms with Crippen LogP contribution in [0.25, 0.3) is 11.0 Å². The van der Waals surface area contributed by atoms with Gasteiger partial charge in [0.2, 0.25) is 0 Å². The van der Waals surface area contributed by atoms with Crippen LogP contribution in [0.5, 0.6) is 0 Å². The van der Waals surface area contributed by atoms with Crippen molar-refractivity contribution in [2.45, 2.75) is 45.8 Å². The van der Waals surface area contributed by atoms with Gasteiger partial charge >= 0.3 is 5.69 Å². The summed E-state index contributed by atoms with van der Waals surface area (Å²) in [5.74, 6) is 0.893. The molecular formula is C23H32N8O2. The Labute approximate surface area is 192 Å². The van der Waals surface area contributed by atoms with E-state index in [0.29, 0.717) is 29.8 Å². The molecule has 1 atom stereocenters. The van der Waals surface area contributed by atoms with Crippen molar-refractivity contribution in [2.75, 3.05) is 30.4 Å². The lowest BCUT2D eigenvalue weighted by Gasteiger charge is -2.33.